The van der Waals surface area contributed by atoms with Crippen LogP contribution in [0.2, 0.25) is 0 Å². The van der Waals surface area contributed by atoms with Gasteiger partial charge < -0.3 is 0 Å². The number of aldehydes is 1. The maximum Gasteiger partial charge on any atom is 0.213 e. The highest BCUT2D eigenvalue weighted by atomic mass is 16.2. The van der Waals surface area contributed by atoms with Gasteiger partial charge in [-0.2, -0.15) is 5.26 Å². The minimum atomic E-state index is -1.06. The van der Waals surface area contributed by atoms with E-state index in [0.717, 1.165) is 11.1 Å². The van der Waals surface area contributed by atoms with Gasteiger partial charge in [0.1, 0.15) is 5.92 Å². The third-order valence-electron chi connectivity index (χ3n) is 3.85. The quantitative estimate of drug-likeness (QED) is 0.623. The molecule has 0 N–H and O–H groups in total. The first-order valence-electron chi connectivity index (χ1n) is 6.64. The van der Waals surface area contributed by atoms with Crippen LogP contribution in [0.15, 0.2) is 60.7 Å². The van der Waals surface area contributed by atoms with E-state index in [9.17, 15) is 14.9 Å². The highest BCUT2D eigenvalue weighted by Crippen LogP contribution is 2.39. The summed E-state index contributed by atoms with van der Waals surface area (Å²) in [5.41, 5.74) is 0.797. The number of ketones is 1. The lowest BCUT2D eigenvalue weighted by molar-refractivity contribution is -0.132. The highest BCUT2D eigenvalue weighted by molar-refractivity contribution is 6.27. The molecule has 0 amide bonds. The number of Topliss-reactive ketones (excluding diaryl/α,β-unsaturated/α-hetero) is 1. The smallest absolute Gasteiger partial charge is 0.213 e. The minimum absolute atomic E-state index is 0.234. The largest absolute Gasteiger partial charge is 0.295 e. The normalized spacial score (nSPS) is 12.2. The van der Waals surface area contributed by atoms with Crippen molar-refractivity contribution in [3.63, 3.8) is 0 Å². The summed E-state index contributed by atoms with van der Waals surface area (Å²) >= 11 is 0. The standard InChI is InChI=1S/C18H15NO2/c1-18(14-8-4-2-5-9-14,15-10-6-3-7-11-15)16(12-19)17(21)13-20/h2-11,13,16H,1H3. The van der Waals surface area contributed by atoms with Gasteiger partial charge in [-0.15, -0.1) is 0 Å². The van der Waals surface area contributed by atoms with Gasteiger partial charge in [0.25, 0.3) is 0 Å². The molecule has 2 aromatic rings. The summed E-state index contributed by atoms with van der Waals surface area (Å²) in [6, 6.07) is 20.7. The lowest BCUT2D eigenvalue weighted by Gasteiger charge is -2.33. The fourth-order valence-electron chi connectivity index (χ4n) is 2.61. The minimum Gasteiger partial charge on any atom is -0.295 e. The number of benzene rings is 2. The topological polar surface area (TPSA) is 57.9 Å². The van der Waals surface area contributed by atoms with Gasteiger partial charge in [0, 0.05) is 5.41 Å². The third-order valence-corrected chi connectivity index (χ3v) is 3.85. The zero-order valence-electron chi connectivity index (χ0n) is 11.7. The number of carbonyl (C=O) groups is 2. The molecule has 1 unspecified atom stereocenters. The first-order valence-corrected chi connectivity index (χ1v) is 6.64. The Balaban J connectivity index is 2.68. The van der Waals surface area contributed by atoms with E-state index in [0.29, 0.717) is 0 Å². The van der Waals surface area contributed by atoms with Crippen molar-refractivity contribution in [1.82, 2.24) is 0 Å². The van der Waals surface area contributed by atoms with Crippen molar-refractivity contribution in [2.24, 2.45) is 5.92 Å². The molecule has 0 bridgehead atoms. The van der Waals surface area contributed by atoms with E-state index in [1.807, 2.05) is 73.7 Å². The molecule has 0 saturated heterocycles. The van der Waals surface area contributed by atoms with Crippen molar-refractivity contribution < 1.29 is 9.59 Å². The fraction of sp³-hybridized carbons (Fsp3) is 0.167. The molecular weight excluding hydrogens is 262 g/mol. The van der Waals surface area contributed by atoms with Crippen LogP contribution in [-0.2, 0) is 15.0 Å². The Hall–Kier alpha value is -2.73. The second-order valence-electron chi connectivity index (χ2n) is 5.02. The maximum atomic E-state index is 11.9. The van der Waals surface area contributed by atoms with E-state index in [2.05, 4.69) is 0 Å². The number of rotatable bonds is 5. The zero-order valence-corrected chi connectivity index (χ0v) is 11.7. The summed E-state index contributed by atoms with van der Waals surface area (Å²) < 4.78 is 0. The van der Waals surface area contributed by atoms with Crippen molar-refractivity contribution in [1.29, 1.82) is 5.26 Å². The zero-order chi connectivity index (χ0) is 15.3. The second kappa shape index (κ2) is 6.15. The van der Waals surface area contributed by atoms with E-state index in [1.54, 1.807) is 0 Å². The van der Waals surface area contributed by atoms with Gasteiger partial charge in [-0.25, -0.2) is 0 Å². The molecule has 0 fully saturated rings. The molecule has 0 aromatic heterocycles. The molecule has 0 saturated carbocycles. The summed E-state index contributed by atoms with van der Waals surface area (Å²) in [6.07, 6.45) is 0.234. The lowest BCUT2D eigenvalue weighted by Crippen LogP contribution is -2.38. The van der Waals surface area contributed by atoms with Crippen molar-refractivity contribution >= 4 is 12.1 Å². The van der Waals surface area contributed by atoms with Crippen LogP contribution in [0.25, 0.3) is 0 Å². The van der Waals surface area contributed by atoms with E-state index < -0.39 is 17.1 Å². The van der Waals surface area contributed by atoms with Gasteiger partial charge in [0.15, 0.2) is 6.29 Å². The first-order chi connectivity index (χ1) is 10.1. The Bertz CT molecular complexity index is 632. The van der Waals surface area contributed by atoms with E-state index in [1.165, 1.54) is 0 Å². The van der Waals surface area contributed by atoms with Crippen molar-refractivity contribution in [3.8, 4) is 6.07 Å². The molecule has 104 valence electrons. The SMILES string of the molecule is CC(c1ccccc1)(c1ccccc1)C(C#N)C(=O)C=O. The molecule has 3 nitrogen and oxygen atoms in total. The maximum absolute atomic E-state index is 11.9. The Labute approximate surface area is 123 Å². The fourth-order valence-corrected chi connectivity index (χ4v) is 2.61. The molecule has 21 heavy (non-hydrogen) atoms. The molecular formula is C18H15NO2. The van der Waals surface area contributed by atoms with Crippen LogP contribution in [0.3, 0.4) is 0 Å². The van der Waals surface area contributed by atoms with Crippen LogP contribution in [0.5, 0.6) is 0 Å². The summed E-state index contributed by atoms with van der Waals surface area (Å²) in [6.45, 7) is 1.83. The first kappa shape index (κ1) is 14.7. The van der Waals surface area contributed by atoms with Crippen LogP contribution < -0.4 is 0 Å². The molecule has 0 aliphatic heterocycles. The molecule has 0 aliphatic carbocycles. The van der Waals surface area contributed by atoms with Crippen molar-refractivity contribution in [2.75, 3.05) is 0 Å². The van der Waals surface area contributed by atoms with Gasteiger partial charge in [-0.1, -0.05) is 60.7 Å². The number of hydrogen-bond acceptors (Lipinski definition) is 3. The van der Waals surface area contributed by atoms with Crippen molar-refractivity contribution in [3.05, 3.63) is 71.8 Å². The summed E-state index contributed by atoms with van der Waals surface area (Å²) in [4.78, 5) is 22.9. The number of hydrogen-bond donors (Lipinski definition) is 0. The van der Waals surface area contributed by atoms with Crippen LogP contribution in [0, 0.1) is 17.2 Å². The average Bonchev–Trinajstić information content (AvgIpc) is 2.56. The predicted octanol–water partition coefficient (Wildman–Crippen LogP) is 2.90. The van der Waals surface area contributed by atoms with Crippen LogP contribution in [0.4, 0.5) is 0 Å². The van der Waals surface area contributed by atoms with Gasteiger partial charge in [-0.3, -0.25) is 9.59 Å². The van der Waals surface area contributed by atoms with Crippen molar-refractivity contribution in [2.45, 2.75) is 12.3 Å². The monoisotopic (exact) mass is 277 g/mol. The Kier molecular flexibility index (Phi) is 4.30. The average molecular weight is 277 g/mol. The van der Waals surface area contributed by atoms with Crippen LogP contribution >= 0.6 is 0 Å². The third kappa shape index (κ3) is 2.61. The summed E-state index contributed by atoms with van der Waals surface area (Å²) in [7, 11) is 0. The highest BCUT2D eigenvalue weighted by Gasteiger charge is 2.42. The predicted molar refractivity (Wildman–Crippen MR) is 79.5 cm³/mol. The molecule has 0 radical (unpaired) electrons. The van der Waals surface area contributed by atoms with Gasteiger partial charge in [-0.05, 0) is 18.1 Å². The van der Waals surface area contributed by atoms with E-state index in [4.69, 9.17) is 0 Å². The Morgan fingerprint density at radius 2 is 1.48 bits per heavy atom. The molecule has 2 aromatic carbocycles. The van der Waals surface area contributed by atoms with Crippen LogP contribution in [-0.4, -0.2) is 12.1 Å². The van der Waals surface area contributed by atoms with Gasteiger partial charge in [0.2, 0.25) is 5.78 Å². The van der Waals surface area contributed by atoms with E-state index in [-0.39, 0.29) is 6.29 Å². The number of nitriles is 1. The number of nitrogens with zero attached hydrogens (tertiary/aromatic N) is 1. The van der Waals surface area contributed by atoms with Gasteiger partial charge in [0.05, 0.1) is 6.07 Å². The molecule has 3 heteroatoms. The lowest BCUT2D eigenvalue weighted by atomic mass is 9.66. The molecule has 1 atom stereocenters. The van der Waals surface area contributed by atoms with Crippen LogP contribution in [0.1, 0.15) is 18.1 Å². The molecule has 0 aliphatic rings. The Morgan fingerprint density at radius 1 is 1.05 bits per heavy atom. The molecule has 2 rings (SSSR count). The summed E-state index contributed by atoms with van der Waals surface area (Å²) in [5.74, 6) is -1.76. The molecule has 0 heterocycles. The number of carbonyl (C=O) groups excluding carboxylic acids is 2. The second-order valence-corrected chi connectivity index (χ2v) is 5.02. The summed E-state index contributed by atoms with van der Waals surface area (Å²) in [5, 5.41) is 9.46. The van der Waals surface area contributed by atoms with E-state index >= 15 is 0 Å². The molecule has 0 spiro atoms. The Morgan fingerprint density at radius 3 is 1.81 bits per heavy atom. The van der Waals surface area contributed by atoms with Gasteiger partial charge >= 0.3 is 0 Å².